The molecule has 3 heterocycles. The minimum Gasteiger partial charge on any atom is -0.436 e. The Labute approximate surface area is 255 Å². The Kier molecular flexibility index (Phi) is 4.87. The van der Waals surface area contributed by atoms with Crippen molar-refractivity contribution < 1.29 is 4.42 Å². The minimum absolute atomic E-state index is 0.562. The Bertz CT molecular complexity index is 2790. The van der Waals surface area contributed by atoms with Gasteiger partial charge in [-0.15, -0.1) is 11.3 Å². The summed E-state index contributed by atoms with van der Waals surface area (Å²) in [4.78, 5) is 10.4. The molecule has 4 heteroatoms. The number of nitrogens with zero attached hydrogens (tertiary/aromatic N) is 2. The first-order valence-electron chi connectivity index (χ1n) is 14.8. The molecule has 0 atom stereocenters. The lowest BCUT2D eigenvalue weighted by atomic mass is 9.96. The van der Waals surface area contributed by atoms with Crippen molar-refractivity contribution >= 4 is 86.3 Å². The number of thiophene rings is 1. The Morgan fingerprint density at radius 3 is 1.84 bits per heavy atom. The van der Waals surface area contributed by atoms with Gasteiger partial charge in [-0.1, -0.05) is 115 Å². The molecule has 3 aromatic heterocycles. The number of furan rings is 1. The van der Waals surface area contributed by atoms with Crippen molar-refractivity contribution in [2.24, 2.45) is 0 Å². The molecule has 0 bridgehead atoms. The van der Waals surface area contributed by atoms with Crippen molar-refractivity contribution in [2.45, 2.75) is 0 Å². The number of benzene rings is 7. The van der Waals surface area contributed by atoms with Gasteiger partial charge in [-0.3, -0.25) is 0 Å². The summed E-state index contributed by atoms with van der Waals surface area (Å²) in [6.07, 6.45) is 0. The zero-order chi connectivity index (χ0) is 28.8. The largest absolute Gasteiger partial charge is 0.436 e. The smallest absolute Gasteiger partial charge is 0.246 e. The fourth-order valence-electron chi connectivity index (χ4n) is 6.91. The second-order valence-electron chi connectivity index (χ2n) is 11.3. The molecule has 0 aliphatic heterocycles. The molecule has 0 aliphatic rings. The molecule has 0 radical (unpaired) electrons. The second-order valence-corrected chi connectivity index (χ2v) is 12.4. The normalized spacial score (nSPS) is 12.1. The SMILES string of the molecule is c1cc(-c2cccc3c2sc2ccccc23)cc(-c2cccc3oc4nc5c6ccccc6c6ccccc6c5nc4c23)c1. The molecule has 0 N–H and O–H groups in total. The summed E-state index contributed by atoms with van der Waals surface area (Å²) in [6, 6.07) is 47.3. The van der Waals surface area contributed by atoms with E-state index in [2.05, 4.69) is 127 Å². The number of fused-ring (bicyclic) bond motifs is 12. The van der Waals surface area contributed by atoms with Crippen LogP contribution in [0.15, 0.2) is 138 Å². The molecule has 7 aromatic carbocycles. The fraction of sp³-hybridized carbons (Fsp3) is 0. The van der Waals surface area contributed by atoms with E-state index in [4.69, 9.17) is 14.4 Å². The Morgan fingerprint density at radius 1 is 0.455 bits per heavy atom. The molecule has 0 fully saturated rings. The van der Waals surface area contributed by atoms with Crippen LogP contribution in [0.1, 0.15) is 0 Å². The van der Waals surface area contributed by atoms with Crippen molar-refractivity contribution in [3.8, 4) is 22.3 Å². The third-order valence-corrected chi connectivity index (χ3v) is 10.1. The lowest BCUT2D eigenvalue weighted by Gasteiger charge is -2.09. The van der Waals surface area contributed by atoms with E-state index in [1.54, 1.807) is 0 Å². The lowest BCUT2D eigenvalue weighted by molar-refractivity contribution is 0.655. The van der Waals surface area contributed by atoms with Crippen LogP contribution >= 0.6 is 11.3 Å². The highest BCUT2D eigenvalue weighted by Gasteiger charge is 2.19. The van der Waals surface area contributed by atoms with Crippen LogP contribution < -0.4 is 0 Å². The second kappa shape index (κ2) is 8.96. The standard InChI is InChI=1S/C40H22N2OS/c1-3-15-30-27(12-1)28-13-2-4-16-31(28)37-36(30)41-38-35-25(17-9-20-33(35)43-40(38)42-37)23-10-7-11-24(22-23)26-18-8-19-32-29-14-5-6-21-34(29)44-39(26)32/h1-22H. The highest BCUT2D eigenvalue weighted by molar-refractivity contribution is 7.26. The number of hydrogen-bond donors (Lipinski definition) is 0. The highest BCUT2D eigenvalue weighted by Crippen LogP contribution is 2.42. The van der Waals surface area contributed by atoms with Crippen LogP contribution in [0.2, 0.25) is 0 Å². The van der Waals surface area contributed by atoms with Crippen LogP contribution in [-0.4, -0.2) is 9.97 Å². The summed E-state index contributed by atoms with van der Waals surface area (Å²) >= 11 is 1.86. The molecule has 0 unspecified atom stereocenters. The van der Waals surface area contributed by atoms with Crippen LogP contribution in [0.4, 0.5) is 0 Å². The van der Waals surface area contributed by atoms with Crippen molar-refractivity contribution in [1.29, 1.82) is 0 Å². The zero-order valence-electron chi connectivity index (χ0n) is 23.4. The molecule has 0 amide bonds. The Morgan fingerprint density at radius 2 is 1.05 bits per heavy atom. The number of aromatic nitrogens is 2. The molecule has 0 saturated heterocycles. The molecule has 0 aliphatic carbocycles. The molecule has 10 aromatic rings. The summed E-state index contributed by atoms with van der Waals surface area (Å²) < 4.78 is 9.04. The maximum Gasteiger partial charge on any atom is 0.246 e. The van der Waals surface area contributed by atoms with Crippen molar-refractivity contribution in [3.63, 3.8) is 0 Å². The molecule has 44 heavy (non-hydrogen) atoms. The van der Waals surface area contributed by atoms with Gasteiger partial charge in [0.25, 0.3) is 0 Å². The Balaban J connectivity index is 1.23. The van der Waals surface area contributed by atoms with Crippen LogP contribution in [0.3, 0.4) is 0 Å². The van der Waals surface area contributed by atoms with Crippen LogP contribution in [0.5, 0.6) is 0 Å². The topological polar surface area (TPSA) is 38.9 Å². The van der Waals surface area contributed by atoms with E-state index in [1.807, 2.05) is 17.4 Å². The van der Waals surface area contributed by atoms with E-state index in [-0.39, 0.29) is 0 Å². The predicted octanol–water partition coefficient (Wildman–Crippen LogP) is 11.5. The van der Waals surface area contributed by atoms with Crippen LogP contribution in [0.25, 0.3) is 97.2 Å². The van der Waals surface area contributed by atoms with E-state index < -0.39 is 0 Å². The van der Waals surface area contributed by atoms with Crippen molar-refractivity contribution in [1.82, 2.24) is 9.97 Å². The van der Waals surface area contributed by atoms with Gasteiger partial charge in [0.1, 0.15) is 16.6 Å². The van der Waals surface area contributed by atoms with Gasteiger partial charge >= 0.3 is 0 Å². The summed E-state index contributed by atoms with van der Waals surface area (Å²) in [5.74, 6) is 0. The first-order chi connectivity index (χ1) is 21.8. The molecule has 0 saturated carbocycles. The van der Waals surface area contributed by atoms with Gasteiger partial charge in [-0.2, -0.15) is 0 Å². The van der Waals surface area contributed by atoms with E-state index >= 15 is 0 Å². The quantitative estimate of drug-likeness (QED) is 0.192. The van der Waals surface area contributed by atoms with Crippen molar-refractivity contribution in [2.75, 3.05) is 0 Å². The van der Waals surface area contributed by atoms with E-state index in [0.717, 1.165) is 49.4 Å². The summed E-state index contributed by atoms with van der Waals surface area (Å²) in [7, 11) is 0. The van der Waals surface area contributed by atoms with Gasteiger partial charge in [-0.05, 0) is 51.2 Å². The van der Waals surface area contributed by atoms with Gasteiger partial charge in [0.15, 0.2) is 0 Å². The predicted molar refractivity (Wildman–Crippen MR) is 186 cm³/mol. The molecular weight excluding hydrogens is 557 g/mol. The van der Waals surface area contributed by atoms with E-state index in [1.165, 1.54) is 42.1 Å². The number of rotatable bonds is 2. The first-order valence-corrected chi connectivity index (χ1v) is 15.6. The maximum atomic E-state index is 6.42. The fourth-order valence-corrected chi connectivity index (χ4v) is 8.15. The lowest BCUT2D eigenvalue weighted by Crippen LogP contribution is -1.90. The van der Waals surface area contributed by atoms with Gasteiger partial charge in [0.05, 0.1) is 10.9 Å². The van der Waals surface area contributed by atoms with Gasteiger partial charge < -0.3 is 4.42 Å². The van der Waals surface area contributed by atoms with E-state index in [9.17, 15) is 0 Å². The minimum atomic E-state index is 0.562. The molecular formula is C40H22N2OS. The van der Waals surface area contributed by atoms with Gasteiger partial charge in [0, 0.05) is 30.9 Å². The summed E-state index contributed by atoms with van der Waals surface area (Å²) in [6.45, 7) is 0. The molecule has 10 rings (SSSR count). The monoisotopic (exact) mass is 578 g/mol. The van der Waals surface area contributed by atoms with Gasteiger partial charge in [-0.25, -0.2) is 9.97 Å². The third kappa shape index (κ3) is 3.31. The average Bonchev–Trinajstić information content (AvgIpc) is 3.66. The van der Waals surface area contributed by atoms with Crippen LogP contribution in [0, 0.1) is 0 Å². The summed E-state index contributed by atoms with van der Waals surface area (Å²) in [5.41, 5.74) is 8.56. The first kappa shape index (κ1) is 23.9. The zero-order valence-corrected chi connectivity index (χ0v) is 24.2. The van der Waals surface area contributed by atoms with Gasteiger partial charge in [0.2, 0.25) is 5.71 Å². The number of hydrogen-bond acceptors (Lipinski definition) is 4. The van der Waals surface area contributed by atoms with Crippen LogP contribution in [-0.2, 0) is 0 Å². The Hall–Kier alpha value is -5.58. The molecule has 0 spiro atoms. The van der Waals surface area contributed by atoms with E-state index in [0.29, 0.717) is 5.71 Å². The summed E-state index contributed by atoms with van der Waals surface area (Å²) in [5, 5.41) is 8.14. The molecule has 3 nitrogen and oxygen atoms in total. The highest BCUT2D eigenvalue weighted by atomic mass is 32.1. The third-order valence-electron chi connectivity index (χ3n) is 8.88. The average molecular weight is 579 g/mol. The maximum absolute atomic E-state index is 6.42. The molecule has 204 valence electrons. The van der Waals surface area contributed by atoms with Crippen molar-refractivity contribution in [3.05, 3.63) is 133 Å².